The second kappa shape index (κ2) is 7.76. The van der Waals surface area contributed by atoms with Crippen molar-refractivity contribution in [3.8, 4) is 0 Å². The second-order valence-electron chi connectivity index (χ2n) is 4.88. The van der Waals surface area contributed by atoms with Crippen LogP contribution in [0.2, 0.25) is 0 Å². The van der Waals surface area contributed by atoms with Crippen molar-refractivity contribution >= 4 is 13.1 Å². The van der Waals surface area contributed by atoms with Crippen LogP contribution in [0.25, 0.3) is 0 Å². The van der Waals surface area contributed by atoms with Gasteiger partial charge in [-0.05, 0) is 19.1 Å². The van der Waals surface area contributed by atoms with Crippen molar-refractivity contribution in [1.82, 2.24) is 4.81 Å². The number of hydrogen-bond acceptors (Lipinski definition) is 2. The molecule has 3 heteroatoms. The predicted octanol–water partition coefficient (Wildman–Crippen LogP) is 3.07. The van der Waals surface area contributed by atoms with Gasteiger partial charge >= 0.3 is 0 Å². The molecule has 2 nitrogen and oxygen atoms in total. The molecule has 0 N–H and O–H groups in total. The highest BCUT2D eigenvalue weighted by Gasteiger charge is 2.17. The summed E-state index contributed by atoms with van der Waals surface area (Å²) in [4.78, 5) is 4.81. The van der Waals surface area contributed by atoms with Gasteiger partial charge in [0.2, 0.25) is 7.41 Å². The molecule has 0 bridgehead atoms. The molecular weight excluding hydrogens is 243 g/mol. The van der Waals surface area contributed by atoms with Gasteiger partial charge < -0.3 is 9.71 Å². The van der Waals surface area contributed by atoms with E-state index in [1.54, 1.807) is 0 Å². The minimum atomic E-state index is 1.05. The second-order valence-corrected chi connectivity index (χ2v) is 4.88. The Hall–Kier alpha value is -1.74. The third-order valence-corrected chi connectivity index (χ3v) is 3.48. The Morgan fingerprint density at radius 2 is 1.85 bits per heavy atom. The summed E-state index contributed by atoms with van der Waals surface area (Å²) >= 11 is 0. The third kappa shape index (κ3) is 4.14. The molecule has 1 aromatic rings. The zero-order valence-corrected chi connectivity index (χ0v) is 12.2. The molecule has 1 radical (unpaired) electrons. The van der Waals surface area contributed by atoms with Gasteiger partial charge in [0.05, 0.1) is 0 Å². The molecule has 1 fully saturated rings. The van der Waals surface area contributed by atoms with Crippen LogP contribution in [0.1, 0.15) is 6.92 Å². The van der Waals surface area contributed by atoms with Crippen LogP contribution < -0.4 is 4.90 Å². The van der Waals surface area contributed by atoms with Crippen molar-refractivity contribution in [2.75, 3.05) is 31.1 Å². The van der Waals surface area contributed by atoms with E-state index in [9.17, 15) is 0 Å². The van der Waals surface area contributed by atoms with Crippen molar-refractivity contribution in [1.29, 1.82) is 0 Å². The van der Waals surface area contributed by atoms with Gasteiger partial charge in [-0.15, -0.1) is 0 Å². The first-order valence-corrected chi connectivity index (χ1v) is 7.18. The summed E-state index contributed by atoms with van der Waals surface area (Å²) in [5.74, 6) is 0. The Morgan fingerprint density at radius 1 is 1.15 bits per heavy atom. The maximum absolute atomic E-state index is 3.87. The van der Waals surface area contributed by atoms with Crippen molar-refractivity contribution in [2.45, 2.75) is 6.92 Å². The summed E-state index contributed by atoms with van der Waals surface area (Å²) in [7, 11) is 2.20. The van der Waals surface area contributed by atoms with E-state index >= 15 is 0 Å². The van der Waals surface area contributed by atoms with E-state index in [1.165, 1.54) is 5.69 Å². The SMILES string of the molecule is C=C/C([B]N1CCN(c2ccccc2)CC1)=C\C=C/C. The quantitative estimate of drug-likeness (QED) is 0.596. The van der Waals surface area contributed by atoms with Crippen LogP contribution in [0.3, 0.4) is 0 Å². The lowest BCUT2D eigenvalue weighted by molar-refractivity contribution is 0.409. The molecule has 1 saturated heterocycles. The molecule has 1 aliphatic heterocycles. The van der Waals surface area contributed by atoms with Gasteiger partial charge in [0, 0.05) is 31.9 Å². The van der Waals surface area contributed by atoms with Crippen LogP contribution >= 0.6 is 0 Å². The Labute approximate surface area is 123 Å². The van der Waals surface area contributed by atoms with Crippen LogP contribution in [0.5, 0.6) is 0 Å². The van der Waals surface area contributed by atoms with Crippen molar-refractivity contribution in [3.05, 3.63) is 66.7 Å². The molecule has 0 saturated carbocycles. The van der Waals surface area contributed by atoms with E-state index < -0.39 is 0 Å². The summed E-state index contributed by atoms with van der Waals surface area (Å²) in [5, 5.41) is 0. The minimum Gasteiger partial charge on any atom is -0.369 e. The molecule has 0 aliphatic carbocycles. The lowest BCUT2D eigenvalue weighted by atomic mass is 9.78. The topological polar surface area (TPSA) is 6.48 Å². The van der Waals surface area contributed by atoms with E-state index in [4.69, 9.17) is 0 Å². The summed E-state index contributed by atoms with van der Waals surface area (Å²) < 4.78 is 0. The molecule has 1 aromatic carbocycles. The van der Waals surface area contributed by atoms with Crippen molar-refractivity contribution < 1.29 is 0 Å². The number of anilines is 1. The average Bonchev–Trinajstić information content (AvgIpc) is 2.53. The number of piperazine rings is 1. The molecular formula is C17H22BN2. The van der Waals surface area contributed by atoms with E-state index in [0.29, 0.717) is 0 Å². The number of nitrogens with zero attached hydrogens (tertiary/aromatic N) is 2. The molecule has 103 valence electrons. The molecule has 1 heterocycles. The lowest BCUT2D eigenvalue weighted by Gasteiger charge is -2.36. The smallest absolute Gasteiger partial charge is 0.247 e. The van der Waals surface area contributed by atoms with Crippen molar-refractivity contribution in [3.63, 3.8) is 0 Å². The van der Waals surface area contributed by atoms with Crippen LogP contribution in [-0.4, -0.2) is 38.4 Å². The first kappa shape index (κ1) is 14.7. The van der Waals surface area contributed by atoms with Gasteiger partial charge in [0.1, 0.15) is 0 Å². The van der Waals surface area contributed by atoms with Crippen molar-refractivity contribution in [2.24, 2.45) is 0 Å². The van der Waals surface area contributed by atoms with Gasteiger partial charge in [-0.25, -0.2) is 0 Å². The van der Waals surface area contributed by atoms with Gasteiger partial charge in [0.25, 0.3) is 0 Å². The summed E-state index contributed by atoms with van der Waals surface area (Å²) in [6.07, 6.45) is 8.08. The molecule has 1 aliphatic rings. The van der Waals surface area contributed by atoms with E-state index in [2.05, 4.69) is 60.1 Å². The molecule has 0 unspecified atom stereocenters. The third-order valence-electron chi connectivity index (χ3n) is 3.48. The number of para-hydroxylation sites is 1. The maximum Gasteiger partial charge on any atom is 0.247 e. The van der Waals surface area contributed by atoms with E-state index in [1.807, 2.05) is 25.2 Å². The fraction of sp³-hybridized carbons (Fsp3) is 0.294. The summed E-state index contributed by atoms with van der Waals surface area (Å²) in [6, 6.07) is 10.6. The normalized spacial score (nSPS) is 17.4. The van der Waals surface area contributed by atoms with Gasteiger partial charge in [-0.1, -0.05) is 54.6 Å². The highest BCUT2D eigenvalue weighted by atomic mass is 15.2. The Kier molecular flexibility index (Phi) is 5.69. The maximum atomic E-state index is 3.87. The number of allylic oxidation sites excluding steroid dienone is 5. The molecule has 0 aromatic heterocycles. The van der Waals surface area contributed by atoms with Crippen LogP contribution in [0.15, 0.2) is 66.7 Å². The molecule has 2 rings (SSSR count). The predicted molar refractivity (Wildman–Crippen MR) is 89.1 cm³/mol. The van der Waals surface area contributed by atoms with Crippen LogP contribution in [0.4, 0.5) is 5.69 Å². The Morgan fingerprint density at radius 3 is 2.45 bits per heavy atom. The average molecular weight is 265 g/mol. The molecule has 20 heavy (non-hydrogen) atoms. The molecule has 0 amide bonds. The summed E-state index contributed by atoms with van der Waals surface area (Å²) in [6.45, 7) is 10.1. The summed E-state index contributed by atoms with van der Waals surface area (Å²) in [5.41, 5.74) is 2.48. The first-order valence-electron chi connectivity index (χ1n) is 7.18. The highest BCUT2D eigenvalue weighted by Crippen LogP contribution is 2.15. The molecule has 0 atom stereocenters. The first-order chi connectivity index (χ1) is 9.83. The van der Waals surface area contributed by atoms with Gasteiger partial charge in [0.15, 0.2) is 0 Å². The van der Waals surface area contributed by atoms with Gasteiger partial charge in [-0.3, -0.25) is 0 Å². The Bertz CT molecular complexity index is 471. The number of hydrogen-bond donors (Lipinski definition) is 0. The fourth-order valence-electron chi connectivity index (χ4n) is 2.33. The van der Waals surface area contributed by atoms with Gasteiger partial charge in [-0.2, -0.15) is 0 Å². The lowest BCUT2D eigenvalue weighted by Crippen LogP contribution is -2.48. The van der Waals surface area contributed by atoms with Crippen LogP contribution in [-0.2, 0) is 0 Å². The largest absolute Gasteiger partial charge is 0.369 e. The van der Waals surface area contributed by atoms with E-state index in [-0.39, 0.29) is 0 Å². The standard InChI is InChI=1S/C17H22BN2/c1-3-5-9-16(4-2)18-20-14-12-19(13-15-20)17-10-7-6-8-11-17/h3-11H,2,12-15H2,1H3/b5-3-,16-9+. The fourth-order valence-corrected chi connectivity index (χ4v) is 2.33. The minimum absolute atomic E-state index is 1.05. The number of rotatable bonds is 5. The monoisotopic (exact) mass is 265 g/mol. The zero-order chi connectivity index (χ0) is 14.2. The Balaban J connectivity index is 1.87. The van der Waals surface area contributed by atoms with E-state index in [0.717, 1.165) is 31.7 Å². The highest BCUT2D eigenvalue weighted by molar-refractivity contribution is 6.43. The van der Waals surface area contributed by atoms with Crippen LogP contribution in [0, 0.1) is 0 Å². The zero-order valence-electron chi connectivity index (χ0n) is 12.2. The molecule has 0 spiro atoms. The number of benzene rings is 1.